The predicted octanol–water partition coefficient (Wildman–Crippen LogP) is 3.33. The number of carbonyl (C=O) groups is 2. The molecule has 8 nitrogen and oxygen atoms in total. The summed E-state index contributed by atoms with van der Waals surface area (Å²) in [5.41, 5.74) is 2.49. The van der Waals surface area contributed by atoms with Crippen LogP contribution in [-0.4, -0.2) is 60.0 Å². The Kier molecular flexibility index (Phi) is 14.6. The van der Waals surface area contributed by atoms with Crippen LogP contribution in [-0.2, 0) is 24.2 Å². The SMILES string of the molecule is CCCCC(O)CC[C@@H](NC(=O)NC)C(=O)N[C@@H](Cc1cc(F)cc(F)c1)[C@H](O)CNCc1cccc(CC)c1. The first-order valence-corrected chi connectivity index (χ1v) is 14.0. The van der Waals surface area contributed by atoms with Crippen LogP contribution in [0.2, 0.25) is 0 Å². The highest BCUT2D eigenvalue weighted by Gasteiger charge is 2.28. The summed E-state index contributed by atoms with van der Waals surface area (Å²) in [5, 5.41) is 32.3. The number of unbranched alkanes of at least 4 members (excludes halogenated alkanes) is 1. The fourth-order valence-electron chi connectivity index (χ4n) is 4.46. The second-order valence-corrected chi connectivity index (χ2v) is 10.1. The van der Waals surface area contributed by atoms with Crippen molar-refractivity contribution in [2.45, 2.75) is 89.6 Å². The summed E-state index contributed by atoms with van der Waals surface area (Å²) in [6, 6.07) is 8.64. The maximum absolute atomic E-state index is 13.9. The molecule has 0 aliphatic heterocycles. The van der Waals surface area contributed by atoms with E-state index in [1.807, 2.05) is 25.1 Å². The third-order valence-corrected chi connectivity index (χ3v) is 6.78. The van der Waals surface area contributed by atoms with Gasteiger partial charge in [-0.1, -0.05) is 51.0 Å². The van der Waals surface area contributed by atoms with Crippen molar-refractivity contribution >= 4 is 11.9 Å². The smallest absolute Gasteiger partial charge is 0.315 e. The number of aryl methyl sites for hydroxylation is 1. The van der Waals surface area contributed by atoms with Gasteiger partial charge in [-0.05, 0) is 60.9 Å². The molecule has 0 saturated carbocycles. The molecule has 1 unspecified atom stereocenters. The van der Waals surface area contributed by atoms with Gasteiger partial charge in [0.25, 0.3) is 0 Å². The lowest BCUT2D eigenvalue weighted by molar-refractivity contribution is -0.124. The van der Waals surface area contributed by atoms with E-state index in [4.69, 9.17) is 0 Å². The van der Waals surface area contributed by atoms with Gasteiger partial charge in [0.05, 0.1) is 18.2 Å². The highest BCUT2D eigenvalue weighted by atomic mass is 19.1. The summed E-state index contributed by atoms with van der Waals surface area (Å²) in [7, 11) is 1.42. The number of benzene rings is 2. The summed E-state index contributed by atoms with van der Waals surface area (Å²) < 4.78 is 27.8. The van der Waals surface area contributed by atoms with Gasteiger partial charge in [-0.25, -0.2) is 13.6 Å². The van der Waals surface area contributed by atoms with Crippen molar-refractivity contribution in [2.75, 3.05) is 13.6 Å². The van der Waals surface area contributed by atoms with Crippen molar-refractivity contribution in [1.29, 1.82) is 0 Å². The Bertz CT molecular complexity index is 1050. The standard InChI is InChI=1S/C30H44F2N4O4/c1-4-6-10-25(37)11-12-26(36-30(40)33-3)29(39)35-27(16-22-14-23(31)17-24(32)15-22)28(38)19-34-18-21-9-7-8-20(5-2)13-21/h7-9,13-15,17,25-28,34,37-38H,4-6,10-12,16,18-19H2,1-3H3,(H,35,39)(H2,33,36,40)/t25?,26-,27+,28-/m1/s1. The van der Waals surface area contributed by atoms with E-state index < -0.39 is 47.9 Å². The van der Waals surface area contributed by atoms with E-state index >= 15 is 0 Å². The van der Waals surface area contributed by atoms with E-state index in [1.54, 1.807) is 0 Å². The fourth-order valence-corrected chi connectivity index (χ4v) is 4.46. The van der Waals surface area contributed by atoms with Gasteiger partial charge in [-0.2, -0.15) is 0 Å². The van der Waals surface area contributed by atoms with E-state index in [1.165, 1.54) is 12.6 Å². The Morgan fingerprint density at radius 2 is 1.60 bits per heavy atom. The molecule has 0 heterocycles. The summed E-state index contributed by atoms with van der Waals surface area (Å²) in [4.78, 5) is 25.4. The number of rotatable bonds is 17. The second kappa shape index (κ2) is 17.6. The Labute approximate surface area is 235 Å². The number of aliphatic hydroxyl groups excluding tert-OH is 2. The van der Waals surface area contributed by atoms with Crippen LogP contribution < -0.4 is 21.3 Å². The molecule has 0 saturated heterocycles. The first kappa shape index (κ1) is 33.1. The molecule has 2 aromatic carbocycles. The first-order chi connectivity index (χ1) is 19.1. The van der Waals surface area contributed by atoms with Crippen molar-refractivity contribution in [3.8, 4) is 0 Å². The molecule has 0 aliphatic carbocycles. The molecule has 40 heavy (non-hydrogen) atoms. The lowest BCUT2D eigenvalue weighted by atomic mass is 9.99. The van der Waals surface area contributed by atoms with E-state index in [0.29, 0.717) is 19.4 Å². The number of amides is 3. The van der Waals surface area contributed by atoms with Crippen LogP contribution in [0.25, 0.3) is 0 Å². The third-order valence-electron chi connectivity index (χ3n) is 6.78. The van der Waals surface area contributed by atoms with E-state index in [-0.39, 0.29) is 24.9 Å². The van der Waals surface area contributed by atoms with Crippen molar-refractivity contribution in [3.63, 3.8) is 0 Å². The molecule has 2 rings (SSSR count). The lowest BCUT2D eigenvalue weighted by Crippen LogP contribution is -2.55. The van der Waals surface area contributed by atoms with Crippen LogP contribution in [0.15, 0.2) is 42.5 Å². The van der Waals surface area contributed by atoms with Gasteiger partial charge in [0, 0.05) is 26.2 Å². The van der Waals surface area contributed by atoms with Crippen molar-refractivity contribution in [3.05, 3.63) is 70.8 Å². The van der Waals surface area contributed by atoms with Gasteiger partial charge < -0.3 is 31.5 Å². The summed E-state index contributed by atoms with van der Waals surface area (Å²) in [6.45, 7) is 4.67. The first-order valence-electron chi connectivity index (χ1n) is 14.0. The van der Waals surface area contributed by atoms with Crippen LogP contribution in [0.1, 0.15) is 62.6 Å². The minimum absolute atomic E-state index is 0.0413. The molecular formula is C30H44F2N4O4. The largest absolute Gasteiger partial charge is 0.393 e. The van der Waals surface area contributed by atoms with E-state index in [9.17, 15) is 28.6 Å². The maximum Gasteiger partial charge on any atom is 0.315 e. The Morgan fingerprint density at radius 3 is 2.25 bits per heavy atom. The molecule has 222 valence electrons. The van der Waals surface area contributed by atoms with Crippen LogP contribution in [0.5, 0.6) is 0 Å². The molecule has 3 amide bonds. The highest BCUT2D eigenvalue weighted by molar-refractivity contribution is 5.87. The van der Waals surface area contributed by atoms with Gasteiger partial charge in [0.1, 0.15) is 17.7 Å². The predicted molar refractivity (Wildman–Crippen MR) is 152 cm³/mol. The molecule has 2 aromatic rings. The van der Waals surface area contributed by atoms with Crippen LogP contribution in [0.3, 0.4) is 0 Å². The van der Waals surface area contributed by atoms with E-state index in [2.05, 4.69) is 34.3 Å². The molecule has 0 aromatic heterocycles. The average Bonchev–Trinajstić information content (AvgIpc) is 2.92. The van der Waals surface area contributed by atoms with Crippen molar-refractivity contribution < 1.29 is 28.6 Å². The topological polar surface area (TPSA) is 123 Å². The molecule has 0 fully saturated rings. The second-order valence-electron chi connectivity index (χ2n) is 10.1. The Balaban J connectivity index is 2.15. The Morgan fingerprint density at radius 1 is 0.900 bits per heavy atom. The highest BCUT2D eigenvalue weighted by Crippen LogP contribution is 2.14. The zero-order chi connectivity index (χ0) is 29.5. The minimum Gasteiger partial charge on any atom is -0.393 e. The quantitative estimate of drug-likeness (QED) is 0.177. The molecule has 10 heteroatoms. The van der Waals surface area contributed by atoms with Gasteiger partial charge in [-0.15, -0.1) is 0 Å². The number of halogens is 2. The monoisotopic (exact) mass is 562 g/mol. The molecule has 6 N–H and O–H groups in total. The Hall–Kier alpha value is -3.08. The lowest BCUT2D eigenvalue weighted by Gasteiger charge is -2.28. The molecule has 0 aliphatic rings. The minimum atomic E-state index is -1.11. The number of nitrogens with one attached hydrogen (secondary N) is 4. The zero-order valence-electron chi connectivity index (χ0n) is 23.7. The van der Waals surface area contributed by atoms with Gasteiger partial charge in [0.2, 0.25) is 5.91 Å². The summed E-state index contributed by atoms with van der Waals surface area (Å²) in [5.74, 6) is -2.09. The number of carbonyl (C=O) groups excluding carboxylic acids is 2. The number of urea groups is 1. The van der Waals surface area contributed by atoms with Gasteiger partial charge in [-0.3, -0.25) is 4.79 Å². The maximum atomic E-state index is 13.9. The van der Waals surface area contributed by atoms with Crippen LogP contribution >= 0.6 is 0 Å². The average molecular weight is 563 g/mol. The third kappa shape index (κ3) is 12.0. The molecule has 0 bridgehead atoms. The molecular weight excluding hydrogens is 518 g/mol. The van der Waals surface area contributed by atoms with E-state index in [0.717, 1.165) is 43.0 Å². The fraction of sp³-hybridized carbons (Fsp3) is 0.533. The van der Waals surface area contributed by atoms with Crippen LogP contribution in [0.4, 0.5) is 13.6 Å². The zero-order valence-corrected chi connectivity index (χ0v) is 23.7. The summed E-state index contributed by atoms with van der Waals surface area (Å²) >= 11 is 0. The molecule has 4 atom stereocenters. The number of hydrogen-bond acceptors (Lipinski definition) is 5. The van der Waals surface area contributed by atoms with Crippen LogP contribution in [0, 0.1) is 11.6 Å². The molecule has 0 spiro atoms. The number of hydrogen-bond donors (Lipinski definition) is 6. The van der Waals surface area contributed by atoms with Gasteiger partial charge >= 0.3 is 6.03 Å². The summed E-state index contributed by atoms with van der Waals surface area (Å²) in [6.07, 6.45) is 1.95. The normalized spacial score (nSPS) is 14.2. The van der Waals surface area contributed by atoms with Gasteiger partial charge in [0.15, 0.2) is 0 Å². The van der Waals surface area contributed by atoms with Crippen molar-refractivity contribution in [1.82, 2.24) is 21.3 Å². The number of aliphatic hydroxyl groups is 2. The van der Waals surface area contributed by atoms with Crippen molar-refractivity contribution in [2.24, 2.45) is 0 Å². The molecule has 0 radical (unpaired) electrons.